The van der Waals surface area contributed by atoms with E-state index < -0.39 is 0 Å². The summed E-state index contributed by atoms with van der Waals surface area (Å²) in [4.78, 5) is 10.1. The minimum absolute atomic E-state index is 0.294. The van der Waals surface area contributed by atoms with Crippen molar-refractivity contribution in [2.45, 2.75) is 12.8 Å². The van der Waals surface area contributed by atoms with Crippen molar-refractivity contribution in [2.75, 3.05) is 12.8 Å². The molecule has 1 N–H and O–H groups in total. The molecule has 0 spiro atoms. The highest BCUT2D eigenvalue weighted by molar-refractivity contribution is 8.02. The third-order valence-electron chi connectivity index (χ3n) is 1.56. The van der Waals surface area contributed by atoms with Gasteiger partial charge in [-0.3, -0.25) is 10.1 Å². The van der Waals surface area contributed by atoms with E-state index in [4.69, 9.17) is 0 Å². The average molecular weight is 174 g/mol. The normalized spacial score (nSPS) is 17.9. The molecule has 4 nitrogen and oxygen atoms in total. The maximum atomic E-state index is 10.4. The van der Waals surface area contributed by atoms with Crippen molar-refractivity contribution in [1.29, 1.82) is 0 Å². The van der Waals surface area contributed by atoms with Gasteiger partial charge in [0, 0.05) is 13.0 Å². The molecule has 0 aliphatic carbocycles. The van der Waals surface area contributed by atoms with Crippen molar-refractivity contribution in [2.24, 2.45) is 0 Å². The topological polar surface area (TPSA) is 55.2 Å². The van der Waals surface area contributed by atoms with Crippen molar-refractivity contribution < 1.29 is 4.92 Å². The van der Waals surface area contributed by atoms with Gasteiger partial charge in [0.25, 0.3) is 5.70 Å². The van der Waals surface area contributed by atoms with Gasteiger partial charge in [-0.15, -0.1) is 11.8 Å². The molecular formula is C6H10N2O2S. The molecule has 0 radical (unpaired) electrons. The second kappa shape index (κ2) is 3.61. The number of allylic oxidation sites excluding steroid dienone is 1. The Morgan fingerprint density at radius 3 is 2.91 bits per heavy atom. The number of nitro groups is 1. The standard InChI is InChI=1S/C6H10N2O2S/c1-11-6-5(8(9)10)3-2-4-7-6/h7H,2-4H2,1H3. The molecule has 0 saturated carbocycles. The fraction of sp³-hybridized carbons (Fsp3) is 0.667. The number of hydrogen-bond donors (Lipinski definition) is 1. The monoisotopic (exact) mass is 174 g/mol. The van der Waals surface area contributed by atoms with E-state index in [9.17, 15) is 10.1 Å². The molecule has 5 heteroatoms. The van der Waals surface area contributed by atoms with Crippen molar-refractivity contribution in [3.63, 3.8) is 0 Å². The number of nitrogens with zero attached hydrogens (tertiary/aromatic N) is 1. The first-order valence-electron chi connectivity index (χ1n) is 3.41. The number of hydrogen-bond acceptors (Lipinski definition) is 4. The maximum Gasteiger partial charge on any atom is 0.275 e. The van der Waals surface area contributed by atoms with Gasteiger partial charge in [-0.25, -0.2) is 0 Å². The molecular weight excluding hydrogens is 164 g/mol. The first-order chi connectivity index (χ1) is 5.25. The van der Waals surface area contributed by atoms with E-state index in [1.165, 1.54) is 11.8 Å². The van der Waals surface area contributed by atoms with Gasteiger partial charge in [-0.05, 0) is 12.7 Å². The maximum absolute atomic E-state index is 10.4. The Morgan fingerprint density at radius 2 is 2.45 bits per heavy atom. The summed E-state index contributed by atoms with van der Waals surface area (Å²) in [6, 6.07) is 0. The summed E-state index contributed by atoms with van der Waals surface area (Å²) in [7, 11) is 0. The number of nitrogens with one attached hydrogen (secondary N) is 1. The Hall–Kier alpha value is -0.710. The zero-order valence-corrected chi connectivity index (χ0v) is 7.11. The van der Waals surface area contributed by atoms with E-state index >= 15 is 0 Å². The van der Waals surface area contributed by atoms with Gasteiger partial charge < -0.3 is 5.32 Å². The average Bonchev–Trinajstić information content (AvgIpc) is 2.04. The highest BCUT2D eigenvalue weighted by Gasteiger charge is 2.20. The van der Waals surface area contributed by atoms with Crippen LogP contribution >= 0.6 is 11.8 Å². The predicted octanol–water partition coefficient (Wildman–Crippen LogP) is 1.18. The van der Waals surface area contributed by atoms with Gasteiger partial charge in [0.05, 0.1) is 4.92 Å². The van der Waals surface area contributed by atoms with Crippen LogP contribution in [-0.4, -0.2) is 17.7 Å². The lowest BCUT2D eigenvalue weighted by atomic mass is 10.2. The molecule has 0 aromatic heterocycles. The first-order valence-corrected chi connectivity index (χ1v) is 4.63. The van der Waals surface area contributed by atoms with E-state index in [-0.39, 0.29) is 4.92 Å². The Labute approximate surface area is 69.2 Å². The summed E-state index contributed by atoms with van der Waals surface area (Å²) < 4.78 is 0. The molecule has 1 heterocycles. The quantitative estimate of drug-likeness (QED) is 0.504. The fourth-order valence-electron chi connectivity index (χ4n) is 1.04. The van der Waals surface area contributed by atoms with Crippen molar-refractivity contribution in [3.05, 3.63) is 20.8 Å². The molecule has 0 aromatic carbocycles. The summed E-state index contributed by atoms with van der Waals surface area (Å²) in [6.45, 7) is 0.855. The summed E-state index contributed by atoms with van der Waals surface area (Å²) in [6.07, 6.45) is 3.30. The molecule has 0 atom stereocenters. The van der Waals surface area contributed by atoms with Crippen molar-refractivity contribution in [1.82, 2.24) is 5.32 Å². The SMILES string of the molecule is CSC1=C([N+](=O)[O-])CCCN1. The molecule has 1 aliphatic rings. The molecule has 0 fully saturated rings. The van der Waals surface area contributed by atoms with Gasteiger partial charge in [-0.1, -0.05) is 0 Å². The molecule has 0 unspecified atom stereocenters. The van der Waals surface area contributed by atoms with Crippen LogP contribution in [0.1, 0.15) is 12.8 Å². The van der Waals surface area contributed by atoms with E-state index in [2.05, 4.69) is 5.32 Å². The lowest BCUT2D eigenvalue weighted by Gasteiger charge is -2.13. The predicted molar refractivity (Wildman–Crippen MR) is 44.8 cm³/mol. The number of rotatable bonds is 2. The Bertz CT molecular complexity index is 203. The van der Waals surface area contributed by atoms with Gasteiger partial charge in [0.1, 0.15) is 5.03 Å². The van der Waals surface area contributed by atoms with Crippen molar-refractivity contribution in [3.8, 4) is 0 Å². The smallest absolute Gasteiger partial charge is 0.275 e. The van der Waals surface area contributed by atoms with Gasteiger partial charge in [-0.2, -0.15) is 0 Å². The molecule has 0 saturated heterocycles. The second-order valence-corrected chi connectivity index (χ2v) is 3.08. The van der Waals surface area contributed by atoms with Crippen LogP contribution < -0.4 is 5.32 Å². The lowest BCUT2D eigenvalue weighted by Crippen LogP contribution is -2.22. The molecule has 11 heavy (non-hydrogen) atoms. The summed E-state index contributed by atoms with van der Waals surface area (Å²) >= 11 is 1.41. The zero-order chi connectivity index (χ0) is 8.27. The van der Waals surface area contributed by atoms with Gasteiger partial charge in [0.2, 0.25) is 0 Å². The van der Waals surface area contributed by atoms with Crippen LogP contribution in [0.15, 0.2) is 10.7 Å². The zero-order valence-electron chi connectivity index (χ0n) is 6.29. The fourth-order valence-corrected chi connectivity index (χ4v) is 1.70. The summed E-state index contributed by atoms with van der Waals surface area (Å²) in [5, 5.41) is 14.1. The molecule has 1 rings (SSSR count). The molecule has 0 bridgehead atoms. The third kappa shape index (κ3) is 1.86. The highest BCUT2D eigenvalue weighted by atomic mass is 32.2. The Morgan fingerprint density at radius 1 is 1.73 bits per heavy atom. The van der Waals surface area contributed by atoms with Crippen LogP contribution in [0, 0.1) is 10.1 Å². The van der Waals surface area contributed by atoms with Gasteiger partial charge in [0.15, 0.2) is 0 Å². The van der Waals surface area contributed by atoms with Crippen LogP contribution in [0.5, 0.6) is 0 Å². The van der Waals surface area contributed by atoms with E-state index in [0.29, 0.717) is 12.1 Å². The van der Waals surface area contributed by atoms with Gasteiger partial charge >= 0.3 is 0 Å². The summed E-state index contributed by atoms with van der Waals surface area (Å²) in [5.74, 6) is 0. The molecule has 0 amide bonds. The minimum Gasteiger partial charge on any atom is -0.375 e. The molecule has 1 aliphatic heterocycles. The van der Waals surface area contributed by atoms with Crippen LogP contribution in [-0.2, 0) is 0 Å². The second-order valence-electron chi connectivity index (χ2n) is 2.27. The molecule has 62 valence electrons. The third-order valence-corrected chi connectivity index (χ3v) is 2.35. The largest absolute Gasteiger partial charge is 0.375 e. The minimum atomic E-state index is -0.294. The number of thioether (sulfide) groups is 1. The van der Waals surface area contributed by atoms with Crippen LogP contribution in [0.4, 0.5) is 0 Å². The Balaban J connectivity index is 2.81. The van der Waals surface area contributed by atoms with Crippen molar-refractivity contribution >= 4 is 11.8 Å². The summed E-state index contributed by atoms with van der Waals surface area (Å²) in [5.41, 5.74) is 0.337. The first kappa shape index (κ1) is 8.39. The van der Waals surface area contributed by atoms with Crippen LogP contribution in [0.2, 0.25) is 0 Å². The van der Waals surface area contributed by atoms with E-state index in [0.717, 1.165) is 18.0 Å². The van der Waals surface area contributed by atoms with E-state index in [1.54, 1.807) is 0 Å². The highest BCUT2D eigenvalue weighted by Crippen LogP contribution is 2.21. The molecule has 0 aromatic rings. The Kier molecular flexibility index (Phi) is 2.76. The van der Waals surface area contributed by atoms with Crippen LogP contribution in [0.25, 0.3) is 0 Å². The lowest BCUT2D eigenvalue weighted by molar-refractivity contribution is -0.429. The van der Waals surface area contributed by atoms with E-state index in [1.807, 2.05) is 6.26 Å². The van der Waals surface area contributed by atoms with Crippen LogP contribution in [0.3, 0.4) is 0 Å².